The fraction of sp³-hybridized carbons (Fsp3) is 0.190. The minimum atomic E-state index is -0.389. The van der Waals surface area contributed by atoms with Crippen LogP contribution in [0, 0.1) is 0 Å². The van der Waals surface area contributed by atoms with E-state index in [0.717, 1.165) is 10.9 Å². The molecule has 4 aromatic rings. The molecule has 0 fully saturated rings. The Bertz CT molecular complexity index is 1170. The van der Waals surface area contributed by atoms with Crippen molar-refractivity contribution in [3.8, 4) is 23.0 Å². The molecule has 148 valence electrons. The van der Waals surface area contributed by atoms with Gasteiger partial charge in [0, 0.05) is 28.7 Å². The molecule has 29 heavy (non-hydrogen) atoms. The normalized spacial score (nSPS) is 12.1. The van der Waals surface area contributed by atoms with Crippen LogP contribution in [0.3, 0.4) is 0 Å². The van der Waals surface area contributed by atoms with Crippen LogP contribution in [0.25, 0.3) is 22.4 Å². The molecule has 8 heteroatoms. The number of aromatic nitrogens is 3. The molecule has 0 radical (unpaired) electrons. The summed E-state index contributed by atoms with van der Waals surface area (Å²) in [5, 5.41) is 9.01. The first kappa shape index (κ1) is 19.1. The maximum Gasteiger partial charge on any atom is 0.277 e. The molecule has 2 heterocycles. The van der Waals surface area contributed by atoms with E-state index in [2.05, 4.69) is 15.2 Å². The largest absolute Gasteiger partial charge is 0.497 e. The highest BCUT2D eigenvalue weighted by molar-refractivity contribution is 8.00. The van der Waals surface area contributed by atoms with Gasteiger partial charge < -0.3 is 18.9 Å². The molecule has 0 amide bonds. The predicted molar refractivity (Wildman–Crippen MR) is 111 cm³/mol. The Morgan fingerprint density at radius 1 is 1.14 bits per heavy atom. The van der Waals surface area contributed by atoms with Gasteiger partial charge in [-0.3, -0.25) is 4.79 Å². The Kier molecular flexibility index (Phi) is 5.26. The van der Waals surface area contributed by atoms with Crippen LogP contribution in [0.15, 0.2) is 58.3 Å². The molecule has 0 bridgehead atoms. The van der Waals surface area contributed by atoms with E-state index in [1.54, 1.807) is 38.6 Å². The third kappa shape index (κ3) is 3.71. The van der Waals surface area contributed by atoms with E-state index in [1.165, 1.54) is 11.8 Å². The van der Waals surface area contributed by atoms with Crippen molar-refractivity contribution in [3.05, 3.63) is 54.2 Å². The van der Waals surface area contributed by atoms with Crippen LogP contribution in [0.4, 0.5) is 0 Å². The molecule has 2 aromatic carbocycles. The lowest BCUT2D eigenvalue weighted by Crippen LogP contribution is -2.13. The maximum absolute atomic E-state index is 12.9. The first-order chi connectivity index (χ1) is 14.1. The van der Waals surface area contributed by atoms with E-state index in [1.807, 2.05) is 31.2 Å². The SMILES string of the molecule is COc1ccc(-c2nnc(S[C@H](C)C(=O)c3c[nH]c4ccccc34)o2)c(OC)c1. The Labute approximate surface area is 171 Å². The van der Waals surface area contributed by atoms with Crippen molar-refractivity contribution in [2.75, 3.05) is 14.2 Å². The fourth-order valence-electron chi connectivity index (χ4n) is 3.04. The summed E-state index contributed by atoms with van der Waals surface area (Å²) in [5.74, 6) is 1.54. The molecular formula is C21H19N3O4S. The van der Waals surface area contributed by atoms with Gasteiger partial charge in [-0.15, -0.1) is 10.2 Å². The number of thioether (sulfide) groups is 1. The molecule has 1 N–H and O–H groups in total. The Morgan fingerprint density at radius 3 is 2.76 bits per heavy atom. The lowest BCUT2D eigenvalue weighted by molar-refractivity contribution is 0.0995. The van der Waals surface area contributed by atoms with Gasteiger partial charge in [0.1, 0.15) is 11.5 Å². The Balaban J connectivity index is 1.54. The second kappa shape index (κ2) is 8.00. The number of hydrogen-bond donors (Lipinski definition) is 1. The molecular weight excluding hydrogens is 390 g/mol. The van der Waals surface area contributed by atoms with Gasteiger partial charge in [-0.25, -0.2) is 0 Å². The van der Waals surface area contributed by atoms with Gasteiger partial charge in [0.25, 0.3) is 11.1 Å². The molecule has 0 saturated carbocycles. The van der Waals surface area contributed by atoms with Crippen LogP contribution in [-0.4, -0.2) is 40.4 Å². The summed E-state index contributed by atoms with van der Waals surface area (Å²) in [4.78, 5) is 16.0. The molecule has 0 saturated heterocycles. The van der Waals surface area contributed by atoms with E-state index >= 15 is 0 Å². The molecule has 7 nitrogen and oxygen atoms in total. The van der Waals surface area contributed by atoms with Crippen LogP contribution >= 0.6 is 11.8 Å². The van der Waals surface area contributed by atoms with E-state index in [-0.39, 0.29) is 11.0 Å². The molecule has 0 unspecified atom stereocenters. The third-order valence-corrected chi connectivity index (χ3v) is 5.48. The number of ether oxygens (including phenoxy) is 2. The highest BCUT2D eigenvalue weighted by Gasteiger charge is 2.23. The van der Waals surface area contributed by atoms with E-state index in [9.17, 15) is 4.79 Å². The summed E-state index contributed by atoms with van der Waals surface area (Å²) in [6.45, 7) is 1.83. The molecule has 0 spiro atoms. The number of aromatic amines is 1. The topological polar surface area (TPSA) is 90.2 Å². The van der Waals surface area contributed by atoms with E-state index in [0.29, 0.717) is 33.7 Å². The number of hydrogen-bond acceptors (Lipinski definition) is 7. The van der Waals surface area contributed by atoms with Gasteiger partial charge in [0.05, 0.1) is 25.0 Å². The second-order valence-corrected chi connectivity index (χ2v) is 7.60. The summed E-state index contributed by atoms with van der Waals surface area (Å²) in [6, 6.07) is 13.0. The van der Waals surface area contributed by atoms with Gasteiger partial charge in [-0.1, -0.05) is 30.0 Å². The highest BCUT2D eigenvalue weighted by atomic mass is 32.2. The highest BCUT2D eigenvalue weighted by Crippen LogP contribution is 2.35. The molecule has 4 rings (SSSR count). The summed E-state index contributed by atoms with van der Waals surface area (Å²) in [6.07, 6.45) is 1.74. The molecule has 0 aliphatic heterocycles. The fourth-order valence-corrected chi connectivity index (χ4v) is 3.79. The lowest BCUT2D eigenvalue weighted by atomic mass is 10.1. The summed E-state index contributed by atoms with van der Waals surface area (Å²) < 4.78 is 16.4. The number of H-pyrrole nitrogens is 1. The number of para-hydroxylation sites is 1. The molecule has 1 atom stereocenters. The quantitative estimate of drug-likeness (QED) is 0.352. The van der Waals surface area contributed by atoms with Crippen molar-refractivity contribution in [1.82, 2.24) is 15.2 Å². The van der Waals surface area contributed by atoms with Crippen LogP contribution in [0.2, 0.25) is 0 Å². The Morgan fingerprint density at radius 2 is 1.97 bits per heavy atom. The van der Waals surface area contributed by atoms with Crippen molar-refractivity contribution in [3.63, 3.8) is 0 Å². The van der Waals surface area contributed by atoms with Crippen LogP contribution in [-0.2, 0) is 0 Å². The van der Waals surface area contributed by atoms with Crippen molar-refractivity contribution < 1.29 is 18.7 Å². The third-order valence-electron chi connectivity index (χ3n) is 4.55. The number of Topliss-reactive ketones (excluding diaryl/α,β-unsaturated/α-hetero) is 1. The van der Waals surface area contributed by atoms with Crippen LogP contribution in [0.1, 0.15) is 17.3 Å². The number of carbonyl (C=O) groups excluding carboxylic acids is 1. The first-order valence-corrected chi connectivity index (χ1v) is 9.81. The minimum Gasteiger partial charge on any atom is -0.497 e. The number of benzene rings is 2. The van der Waals surface area contributed by atoms with Gasteiger partial charge in [0.2, 0.25) is 0 Å². The zero-order valence-electron chi connectivity index (χ0n) is 16.1. The lowest BCUT2D eigenvalue weighted by Gasteiger charge is -2.07. The Hall–Kier alpha value is -3.26. The number of fused-ring (bicyclic) bond motifs is 1. The average molecular weight is 409 g/mol. The van der Waals surface area contributed by atoms with Crippen LogP contribution < -0.4 is 9.47 Å². The van der Waals surface area contributed by atoms with Gasteiger partial charge >= 0.3 is 0 Å². The van der Waals surface area contributed by atoms with Crippen molar-refractivity contribution in [1.29, 1.82) is 0 Å². The van der Waals surface area contributed by atoms with Gasteiger partial charge in [-0.2, -0.15) is 0 Å². The maximum atomic E-state index is 12.9. The van der Waals surface area contributed by atoms with Gasteiger partial charge in [-0.05, 0) is 25.1 Å². The number of rotatable bonds is 7. The zero-order chi connectivity index (χ0) is 20.4. The molecule has 2 aromatic heterocycles. The van der Waals surface area contributed by atoms with E-state index in [4.69, 9.17) is 13.9 Å². The van der Waals surface area contributed by atoms with Crippen molar-refractivity contribution in [2.24, 2.45) is 0 Å². The minimum absolute atomic E-state index is 0.00534. The summed E-state index contributed by atoms with van der Waals surface area (Å²) >= 11 is 1.23. The van der Waals surface area contributed by atoms with Crippen molar-refractivity contribution >= 4 is 28.4 Å². The van der Waals surface area contributed by atoms with Gasteiger partial charge in [0.15, 0.2) is 5.78 Å². The predicted octanol–water partition coefficient (Wildman–Crippen LogP) is 4.60. The summed E-state index contributed by atoms with van der Waals surface area (Å²) in [7, 11) is 3.15. The second-order valence-electron chi connectivity index (χ2n) is 6.31. The van der Waals surface area contributed by atoms with E-state index < -0.39 is 0 Å². The zero-order valence-corrected chi connectivity index (χ0v) is 16.9. The standard InChI is InChI=1S/C21H19N3O4S/c1-12(19(25)16-11-22-17-7-5-4-6-14(16)17)29-21-24-23-20(28-21)15-9-8-13(26-2)10-18(15)27-3/h4-12,22H,1-3H3/t12-/m1/s1. The summed E-state index contributed by atoms with van der Waals surface area (Å²) in [5.41, 5.74) is 2.24. The smallest absolute Gasteiger partial charge is 0.277 e. The number of nitrogens with zero attached hydrogens (tertiary/aromatic N) is 2. The van der Waals surface area contributed by atoms with Crippen molar-refractivity contribution in [2.45, 2.75) is 17.4 Å². The number of carbonyl (C=O) groups is 1. The molecule has 0 aliphatic rings. The molecule has 0 aliphatic carbocycles. The number of ketones is 1. The number of methoxy groups -OCH3 is 2. The average Bonchev–Trinajstić information content (AvgIpc) is 3.39. The monoisotopic (exact) mass is 409 g/mol. The first-order valence-electron chi connectivity index (χ1n) is 8.93. The van der Waals surface area contributed by atoms with Crippen LogP contribution in [0.5, 0.6) is 11.5 Å². The number of nitrogens with one attached hydrogen (secondary N) is 1.